The summed E-state index contributed by atoms with van der Waals surface area (Å²) in [5, 5.41) is 2.77. The summed E-state index contributed by atoms with van der Waals surface area (Å²) in [6, 6.07) is 12.8. The molecular weight excluding hydrogens is 296 g/mol. The van der Waals surface area contributed by atoms with Crippen LogP contribution in [0, 0.1) is 13.8 Å². The van der Waals surface area contributed by atoms with Crippen molar-refractivity contribution in [2.45, 2.75) is 18.7 Å². The number of hydrogen-bond donors (Lipinski definition) is 2. The Kier molecular flexibility index (Phi) is 5.22. The number of primary amides is 1. The van der Waals surface area contributed by atoms with Crippen LogP contribution in [0.15, 0.2) is 47.4 Å². The molecule has 0 saturated carbocycles. The molecule has 3 N–H and O–H groups in total. The maximum atomic E-state index is 12.0. The quantitative estimate of drug-likeness (QED) is 0.833. The first-order valence-corrected chi connectivity index (χ1v) is 7.84. The van der Waals surface area contributed by atoms with Crippen LogP contribution in [0.4, 0.5) is 5.69 Å². The third-order valence-electron chi connectivity index (χ3n) is 3.13. The van der Waals surface area contributed by atoms with Gasteiger partial charge in [-0.1, -0.05) is 23.8 Å². The molecule has 22 heavy (non-hydrogen) atoms. The van der Waals surface area contributed by atoms with Crippen molar-refractivity contribution in [3.05, 3.63) is 59.2 Å². The SMILES string of the molecule is Cc1ccc(C)c(SCC(=O)Nc2cccc(C(N)=O)c2)c1. The molecule has 5 heteroatoms. The van der Waals surface area contributed by atoms with Crippen molar-refractivity contribution in [1.82, 2.24) is 0 Å². The van der Waals surface area contributed by atoms with Crippen LogP contribution in [0.5, 0.6) is 0 Å². The van der Waals surface area contributed by atoms with Gasteiger partial charge in [0, 0.05) is 16.1 Å². The topological polar surface area (TPSA) is 72.2 Å². The lowest BCUT2D eigenvalue weighted by Crippen LogP contribution is -2.15. The van der Waals surface area contributed by atoms with Gasteiger partial charge >= 0.3 is 0 Å². The summed E-state index contributed by atoms with van der Waals surface area (Å²) in [6.07, 6.45) is 0. The summed E-state index contributed by atoms with van der Waals surface area (Å²) >= 11 is 1.50. The second-order valence-electron chi connectivity index (χ2n) is 5.05. The molecule has 0 unspecified atom stereocenters. The number of nitrogens with one attached hydrogen (secondary N) is 1. The average molecular weight is 314 g/mol. The Morgan fingerprint density at radius 2 is 1.91 bits per heavy atom. The number of carbonyl (C=O) groups excluding carboxylic acids is 2. The zero-order chi connectivity index (χ0) is 16.1. The highest BCUT2D eigenvalue weighted by Gasteiger charge is 2.07. The van der Waals surface area contributed by atoms with Crippen LogP contribution >= 0.6 is 11.8 Å². The smallest absolute Gasteiger partial charge is 0.248 e. The second kappa shape index (κ2) is 7.13. The Hall–Kier alpha value is -2.27. The summed E-state index contributed by atoms with van der Waals surface area (Å²) in [6.45, 7) is 4.05. The van der Waals surface area contributed by atoms with Gasteiger partial charge in [-0.15, -0.1) is 11.8 Å². The number of carbonyl (C=O) groups is 2. The number of aryl methyl sites for hydroxylation is 2. The van der Waals surface area contributed by atoms with E-state index in [9.17, 15) is 9.59 Å². The molecule has 114 valence electrons. The highest BCUT2D eigenvalue weighted by Crippen LogP contribution is 2.23. The van der Waals surface area contributed by atoms with Gasteiger partial charge in [0.1, 0.15) is 0 Å². The van der Waals surface area contributed by atoms with E-state index in [2.05, 4.69) is 17.4 Å². The van der Waals surface area contributed by atoms with Crippen LogP contribution in [0.1, 0.15) is 21.5 Å². The Morgan fingerprint density at radius 3 is 2.64 bits per heavy atom. The zero-order valence-corrected chi connectivity index (χ0v) is 13.4. The molecule has 0 atom stereocenters. The number of amides is 2. The van der Waals surface area contributed by atoms with Gasteiger partial charge in [0.2, 0.25) is 11.8 Å². The molecule has 2 aromatic carbocycles. The van der Waals surface area contributed by atoms with E-state index < -0.39 is 5.91 Å². The minimum absolute atomic E-state index is 0.118. The lowest BCUT2D eigenvalue weighted by atomic mass is 10.2. The molecule has 0 aliphatic rings. The fourth-order valence-corrected chi connectivity index (χ4v) is 2.88. The van der Waals surface area contributed by atoms with E-state index in [-0.39, 0.29) is 5.91 Å². The molecule has 0 saturated heterocycles. The fraction of sp³-hybridized carbons (Fsp3) is 0.176. The van der Waals surface area contributed by atoms with Crippen LogP contribution in [-0.2, 0) is 4.79 Å². The molecule has 2 rings (SSSR count). The van der Waals surface area contributed by atoms with E-state index in [1.807, 2.05) is 19.9 Å². The molecule has 4 nitrogen and oxygen atoms in total. The van der Waals surface area contributed by atoms with Gasteiger partial charge in [-0.25, -0.2) is 0 Å². The van der Waals surface area contributed by atoms with Crippen molar-refractivity contribution in [1.29, 1.82) is 0 Å². The molecule has 0 fully saturated rings. The van der Waals surface area contributed by atoms with E-state index in [1.165, 1.54) is 17.3 Å². The van der Waals surface area contributed by atoms with Gasteiger partial charge in [0.25, 0.3) is 0 Å². The minimum atomic E-state index is -0.513. The third-order valence-corrected chi connectivity index (χ3v) is 4.29. The number of thioether (sulfide) groups is 1. The maximum Gasteiger partial charge on any atom is 0.248 e. The standard InChI is InChI=1S/C17H18N2O2S/c1-11-6-7-12(2)15(8-11)22-10-16(20)19-14-5-3-4-13(9-14)17(18)21/h3-9H,10H2,1-2H3,(H2,18,21)(H,19,20). The lowest BCUT2D eigenvalue weighted by molar-refractivity contribution is -0.113. The van der Waals surface area contributed by atoms with Gasteiger partial charge in [-0.2, -0.15) is 0 Å². The van der Waals surface area contributed by atoms with Gasteiger partial charge in [0.15, 0.2) is 0 Å². The predicted molar refractivity (Wildman–Crippen MR) is 90.2 cm³/mol. The minimum Gasteiger partial charge on any atom is -0.366 e. The van der Waals surface area contributed by atoms with Gasteiger partial charge in [-0.05, 0) is 43.7 Å². The molecule has 0 aromatic heterocycles. The van der Waals surface area contributed by atoms with Crippen molar-refractivity contribution in [3.63, 3.8) is 0 Å². The molecular formula is C17H18N2O2S. The van der Waals surface area contributed by atoms with Crippen LogP contribution in [-0.4, -0.2) is 17.6 Å². The number of benzene rings is 2. The normalized spacial score (nSPS) is 10.3. The number of anilines is 1. The van der Waals surface area contributed by atoms with Crippen molar-refractivity contribution in [3.8, 4) is 0 Å². The summed E-state index contributed by atoms with van der Waals surface area (Å²) < 4.78 is 0. The first-order valence-electron chi connectivity index (χ1n) is 6.85. The van der Waals surface area contributed by atoms with Crippen LogP contribution < -0.4 is 11.1 Å². The Labute approximate surface area is 134 Å². The van der Waals surface area contributed by atoms with Crippen molar-refractivity contribution < 1.29 is 9.59 Å². The fourth-order valence-electron chi connectivity index (χ4n) is 1.95. The molecule has 0 radical (unpaired) electrons. The molecule has 2 aromatic rings. The van der Waals surface area contributed by atoms with Crippen molar-refractivity contribution in [2.75, 3.05) is 11.1 Å². The van der Waals surface area contributed by atoms with Crippen LogP contribution in [0.2, 0.25) is 0 Å². The van der Waals surface area contributed by atoms with Crippen LogP contribution in [0.25, 0.3) is 0 Å². The molecule has 0 aliphatic carbocycles. The summed E-state index contributed by atoms with van der Waals surface area (Å²) in [7, 11) is 0. The summed E-state index contributed by atoms with van der Waals surface area (Å²) in [5.74, 6) is -0.321. The van der Waals surface area contributed by atoms with E-state index in [0.29, 0.717) is 17.0 Å². The zero-order valence-electron chi connectivity index (χ0n) is 12.6. The van der Waals surface area contributed by atoms with E-state index in [1.54, 1.807) is 24.3 Å². The average Bonchev–Trinajstić information content (AvgIpc) is 2.48. The highest BCUT2D eigenvalue weighted by molar-refractivity contribution is 8.00. The number of rotatable bonds is 5. The molecule has 0 aliphatic heterocycles. The van der Waals surface area contributed by atoms with Crippen molar-refractivity contribution in [2.24, 2.45) is 5.73 Å². The summed E-state index contributed by atoms with van der Waals surface area (Å²) in [4.78, 5) is 24.2. The Bertz CT molecular complexity index is 714. The Morgan fingerprint density at radius 1 is 1.14 bits per heavy atom. The third kappa shape index (κ3) is 4.36. The molecule has 0 spiro atoms. The first kappa shape index (κ1) is 16.1. The van der Waals surface area contributed by atoms with Crippen LogP contribution in [0.3, 0.4) is 0 Å². The molecule has 2 amide bonds. The van der Waals surface area contributed by atoms with Gasteiger partial charge in [0.05, 0.1) is 5.75 Å². The highest BCUT2D eigenvalue weighted by atomic mass is 32.2. The van der Waals surface area contributed by atoms with Crippen molar-refractivity contribution >= 4 is 29.3 Å². The largest absolute Gasteiger partial charge is 0.366 e. The lowest BCUT2D eigenvalue weighted by Gasteiger charge is -2.08. The second-order valence-corrected chi connectivity index (χ2v) is 6.07. The van der Waals surface area contributed by atoms with E-state index in [4.69, 9.17) is 5.73 Å². The first-order chi connectivity index (χ1) is 10.5. The number of hydrogen-bond acceptors (Lipinski definition) is 3. The van der Waals surface area contributed by atoms with E-state index >= 15 is 0 Å². The monoisotopic (exact) mass is 314 g/mol. The van der Waals surface area contributed by atoms with E-state index in [0.717, 1.165) is 10.5 Å². The number of nitrogens with two attached hydrogens (primary N) is 1. The Balaban J connectivity index is 1.97. The predicted octanol–water partition coefficient (Wildman–Crippen LogP) is 3.13. The van der Waals surface area contributed by atoms with Gasteiger partial charge in [-0.3, -0.25) is 9.59 Å². The maximum absolute atomic E-state index is 12.0. The molecule has 0 heterocycles. The molecule has 0 bridgehead atoms. The summed E-state index contributed by atoms with van der Waals surface area (Å²) in [5.41, 5.74) is 8.49. The van der Waals surface area contributed by atoms with Gasteiger partial charge < -0.3 is 11.1 Å².